The molecule has 0 atom stereocenters. The molecule has 0 radical (unpaired) electrons. The molecule has 0 saturated heterocycles. The molecule has 2 aliphatic carbocycles. The molecule has 2 aliphatic rings. The summed E-state index contributed by atoms with van der Waals surface area (Å²) < 4.78 is 0. The van der Waals surface area contributed by atoms with Gasteiger partial charge < -0.3 is 11.1 Å². The summed E-state index contributed by atoms with van der Waals surface area (Å²) in [4.78, 5) is 11.5. The molecule has 4 heteroatoms. The van der Waals surface area contributed by atoms with E-state index in [0.717, 1.165) is 19.3 Å². The van der Waals surface area contributed by atoms with Gasteiger partial charge in [0.15, 0.2) is 0 Å². The summed E-state index contributed by atoms with van der Waals surface area (Å²) in [6, 6.07) is 0. The monoisotopic (exact) mass is 246 g/mol. The summed E-state index contributed by atoms with van der Waals surface area (Å²) in [5.74, 6) is 0.873. The van der Waals surface area contributed by atoms with Crippen molar-refractivity contribution in [2.75, 3.05) is 6.54 Å². The van der Waals surface area contributed by atoms with Crippen LogP contribution < -0.4 is 11.1 Å². The highest BCUT2D eigenvalue weighted by atomic mass is 35.5. The molecule has 3 N–H and O–H groups in total. The van der Waals surface area contributed by atoms with Crippen molar-refractivity contribution < 1.29 is 4.79 Å². The number of nitrogens with one attached hydrogen (secondary N) is 1. The maximum Gasteiger partial charge on any atom is 0.220 e. The normalized spacial score (nSPS) is 23.3. The van der Waals surface area contributed by atoms with Gasteiger partial charge in [-0.2, -0.15) is 0 Å². The van der Waals surface area contributed by atoms with E-state index in [1.165, 1.54) is 32.1 Å². The molecule has 94 valence electrons. The molecule has 0 aromatic heterocycles. The standard InChI is InChI=1S/C12H22N2O.ClH/c13-12(6-2-1-3-7-12)9-14-11(15)8-10-4-5-10;/h10H,1-9,13H2,(H,14,15);1H. The van der Waals surface area contributed by atoms with Gasteiger partial charge in [-0.3, -0.25) is 4.79 Å². The first-order valence-electron chi connectivity index (χ1n) is 6.24. The lowest BCUT2D eigenvalue weighted by Gasteiger charge is -2.33. The molecule has 16 heavy (non-hydrogen) atoms. The van der Waals surface area contributed by atoms with Crippen LogP contribution in [0.15, 0.2) is 0 Å². The second kappa shape index (κ2) is 5.87. The van der Waals surface area contributed by atoms with Gasteiger partial charge in [0.05, 0.1) is 0 Å². The zero-order chi connectivity index (χ0) is 10.7. The Morgan fingerprint density at radius 2 is 1.88 bits per heavy atom. The number of rotatable bonds is 4. The van der Waals surface area contributed by atoms with Crippen LogP contribution >= 0.6 is 12.4 Å². The molecule has 3 nitrogen and oxygen atoms in total. The highest BCUT2D eigenvalue weighted by Gasteiger charge is 2.29. The first-order chi connectivity index (χ1) is 7.18. The number of hydrogen-bond donors (Lipinski definition) is 2. The van der Waals surface area contributed by atoms with Gasteiger partial charge in [0, 0.05) is 18.5 Å². The fraction of sp³-hybridized carbons (Fsp3) is 0.917. The van der Waals surface area contributed by atoms with Crippen LogP contribution in [0, 0.1) is 5.92 Å². The number of carbonyl (C=O) groups is 1. The van der Waals surface area contributed by atoms with Gasteiger partial charge in [-0.05, 0) is 31.6 Å². The fourth-order valence-electron chi connectivity index (χ4n) is 2.36. The van der Waals surface area contributed by atoms with Crippen molar-refractivity contribution in [3.63, 3.8) is 0 Å². The van der Waals surface area contributed by atoms with Crippen LogP contribution in [0.4, 0.5) is 0 Å². The number of nitrogens with two attached hydrogens (primary N) is 1. The van der Waals surface area contributed by atoms with Crippen LogP contribution in [0.25, 0.3) is 0 Å². The average molecular weight is 247 g/mol. The molecule has 2 fully saturated rings. The Kier molecular flexibility index (Phi) is 5.06. The molecule has 0 aromatic carbocycles. The summed E-state index contributed by atoms with van der Waals surface area (Å²) in [7, 11) is 0. The molecule has 0 aliphatic heterocycles. The third kappa shape index (κ3) is 4.30. The minimum Gasteiger partial charge on any atom is -0.354 e. The van der Waals surface area contributed by atoms with Crippen LogP contribution in [0.1, 0.15) is 51.4 Å². The van der Waals surface area contributed by atoms with Crippen molar-refractivity contribution in [1.82, 2.24) is 5.32 Å². The average Bonchev–Trinajstić information content (AvgIpc) is 3.00. The summed E-state index contributed by atoms with van der Waals surface area (Å²) in [5, 5.41) is 3.00. The molecule has 0 aromatic rings. The predicted molar refractivity (Wildman–Crippen MR) is 67.6 cm³/mol. The van der Waals surface area contributed by atoms with E-state index in [-0.39, 0.29) is 23.9 Å². The van der Waals surface area contributed by atoms with Crippen molar-refractivity contribution in [3.05, 3.63) is 0 Å². The van der Waals surface area contributed by atoms with Crippen LogP contribution in [0.5, 0.6) is 0 Å². The Morgan fingerprint density at radius 3 is 2.44 bits per heavy atom. The van der Waals surface area contributed by atoms with Crippen LogP contribution in [-0.4, -0.2) is 18.0 Å². The second-order valence-electron chi connectivity index (χ2n) is 5.35. The van der Waals surface area contributed by atoms with Crippen molar-refractivity contribution >= 4 is 18.3 Å². The van der Waals surface area contributed by atoms with Gasteiger partial charge in [-0.25, -0.2) is 0 Å². The molecule has 0 heterocycles. The highest BCUT2D eigenvalue weighted by Crippen LogP contribution is 2.32. The van der Waals surface area contributed by atoms with Crippen molar-refractivity contribution in [3.8, 4) is 0 Å². The molecule has 0 bridgehead atoms. The maximum absolute atomic E-state index is 11.5. The van der Waals surface area contributed by atoms with Gasteiger partial charge in [0.1, 0.15) is 0 Å². The Balaban J connectivity index is 0.00000128. The van der Waals surface area contributed by atoms with Crippen molar-refractivity contribution in [2.45, 2.75) is 56.9 Å². The van der Waals surface area contributed by atoms with Crippen molar-refractivity contribution in [1.29, 1.82) is 0 Å². The van der Waals surface area contributed by atoms with Gasteiger partial charge in [0.25, 0.3) is 0 Å². The maximum atomic E-state index is 11.5. The summed E-state index contributed by atoms with van der Waals surface area (Å²) in [6.07, 6.45) is 9.06. The third-order valence-corrected chi connectivity index (χ3v) is 3.66. The molecular formula is C12H23ClN2O. The van der Waals surface area contributed by atoms with E-state index in [4.69, 9.17) is 5.73 Å². The summed E-state index contributed by atoms with van der Waals surface area (Å²) >= 11 is 0. The van der Waals surface area contributed by atoms with Gasteiger partial charge in [0.2, 0.25) is 5.91 Å². The zero-order valence-electron chi connectivity index (χ0n) is 9.84. The topological polar surface area (TPSA) is 55.1 Å². The number of carbonyl (C=O) groups excluding carboxylic acids is 1. The predicted octanol–water partition coefficient (Wildman–Crippen LogP) is 1.99. The van der Waals surface area contributed by atoms with Gasteiger partial charge in [-0.1, -0.05) is 19.3 Å². The molecule has 2 rings (SSSR count). The lowest BCUT2D eigenvalue weighted by molar-refractivity contribution is -0.121. The third-order valence-electron chi connectivity index (χ3n) is 3.66. The molecule has 2 saturated carbocycles. The Labute approximate surface area is 104 Å². The van der Waals surface area contributed by atoms with Gasteiger partial charge >= 0.3 is 0 Å². The summed E-state index contributed by atoms with van der Waals surface area (Å²) in [5.41, 5.74) is 6.13. The largest absolute Gasteiger partial charge is 0.354 e. The van der Waals surface area contributed by atoms with Gasteiger partial charge in [-0.15, -0.1) is 12.4 Å². The Bertz CT molecular complexity index is 235. The van der Waals surface area contributed by atoms with E-state index in [0.29, 0.717) is 12.5 Å². The van der Waals surface area contributed by atoms with Crippen molar-refractivity contribution in [2.24, 2.45) is 11.7 Å². The van der Waals surface area contributed by atoms with E-state index >= 15 is 0 Å². The van der Waals surface area contributed by atoms with Crippen LogP contribution in [0.2, 0.25) is 0 Å². The molecule has 0 unspecified atom stereocenters. The smallest absolute Gasteiger partial charge is 0.220 e. The number of halogens is 1. The van der Waals surface area contributed by atoms with E-state index in [1.807, 2.05) is 0 Å². The highest BCUT2D eigenvalue weighted by molar-refractivity contribution is 5.85. The number of hydrogen-bond acceptors (Lipinski definition) is 2. The number of amides is 1. The van der Waals surface area contributed by atoms with E-state index in [2.05, 4.69) is 5.32 Å². The Morgan fingerprint density at radius 1 is 1.25 bits per heavy atom. The first kappa shape index (κ1) is 13.8. The lowest BCUT2D eigenvalue weighted by Crippen LogP contribution is -2.51. The summed E-state index contributed by atoms with van der Waals surface area (Å²) in [6.45, 7) is 0.679. The van der Waals surface area contributed by atoms with Crippen LogP contribution in [0.3, 0.4) is 0 Å². The van der Waals surface area contributed by atoms with E-state index in [9.17, 15) is 4.79 Å². The zero-order valence-corrected chi connectivity index (χ0v) is 10.7. The first-order valence-corrected chi connectivity index (χ1v) is 6.24. The quantitative estimate of drug-likeness (QED) is 0.797. The van der Waals surface area contributed by atoms with E-state index < -0.39 is 0 Å². The minimum absolute atomic E-state index is 0. The second-order valence-corrected chi connectivity index (χ2v) is 5.35. The molecule has 0 spiro atoms. The molecule has 1 amide bonds. The van der Waals surface area contributed by atoms with Crippen LogP contribution in [-0.2, 0) is 4.79 Å². The Hall–Kier alpha value is -0.280. The lowest BCUT2D eigenvalue weighted by atomic mass is 9.82. The SMILES string of the molecule is Cl.NC1(CNC(=O)CC2CC2)CCCCC1. The van der Waals surface area contributed by atoms with E-state index in [1.54, 1.807) is 0 Å². The minimum atomic E-state index is -0.114. The fourth-order valence-corrected chi connectivity index (χ4v) is 2.36. The molecular weight excluding hydrogens is 224 g/mol.